The van der Waals surface area contributed by atoms with Gasteiger partial charge >= 0.3 is 0 Å². The summed E-state index contributed by atoms with van der Waals surface area (Å²) in [5.74, 6) is 0. The highest BCUT2D eigenvalue weighted by molar-refractivity contribution is 7.70. The van der Waals surface area contributed by atoms with Gasteiger partial charge in [-0.1, -0.05) is 32.0 Å². The minimum Gasteiger partial charge on any atom is -0.370 e. The van der Waals surface area contributed by atoms with Gasteiger partial charge in [0.1, 0.15) is 24.1 Å². The molecule has 2 aliphatic heterocycles. The Kier molecular flexibility index (Phi) is 4.14. The summed E-state index contributed by atoms with van der Waals surface area (Å²) in [6.07, 6.45) is 1.87. The van der Waals surface area contributed by atoms with E-state index >= 15 is 0 Å². The van der Waals surface area contributed by atoms with Crippen molar-refractivity contribution in [2.45, 2.75) is 26.7 Å². The summed E-state index contributed by atoms with van der Waals surface area (Å²) in [7, 11) is -2.74. The number of benzene rings is 1. The van der Waals surface area contributed by atoms with E-state index in [0.717, 1.165) is 55.9 Å². The Morgan fingerprint density at radius 1 is 1.16 bits per heavy atom. The van der Waals surface area contributed by atoms with E-state index in [2.05, 4.69) is 13.8 Å². The van der Waals surface area contributed by atoms with Crippen LogP contribution in [0.2, 0.25) is 0 Å². The average molecular weight is 360 g/mol. The third-order valence-electron chi connectivity index (χ3n) is 5.36. The molecule has 134 valence electrons. The fraction of sp³-hybridized carbons (Fsp3) is 0.526. The third-order valence-corrected chi connectivity index (χ3v) is 7.76. The van der Waals surface area contributed by atoms with Gasteiger partial charge in [-0.3, -0.25) is 4.57 Å². The maximum Gasteiger partial charge on any atom is 0.224 e. The molecule has 5 nitrogen and oxygen atoms in total. The Bertz CT molecular complexity index is 779. The van der Waals surface area contributed by atoms with Crippen LogP contribution in [0, 0.1) is 5.41 Å². The molecule has 6 heteroatoms. The lowest BCUT2D eigenvalue weighted by Gasteiger charge is -2.36. The Hall–Kier alpha value is -1.42. The highest BCUT2D eigenvalue weighted by Gasteiger charge is 2.49. The van der Waals surface area contributed by atoms with E-state index in [0.29, 0.717) is 0 Å². The van der Waals surface area contributed by atoms with Crippen molar-refractivity contribution in [1.82, 2.24) is 0 Å². The maximum atomic E-state index is 13.9. The molecule has 0 radical (unpaired) electrons. The number of nitrogens with one attached hydrogen (secondary N) is 1. The molecule has 0 saturated carbocycles. The zero-order chi connectivity index (χ0) is 17.7. The Morgan fingerprint density at radius 3 is 2.52 bits per heavy atom. The van der Waals surface area contributed by atoms with Crippen LogP contribution < -0.4 is 9.68 Å². The number of nitrogens with zero attached hydrogens (tertiary/aromatic N) is 2. The third kappa shape index (κ3) is 2.99. The summed E-state index contributed by atoms with van der Waals surface area (Å²) < 4.78 is 21.2. The second kappa shape index (κ2) is 6.08. The van der Waals surface area contributed by atoms with Crippen LogP contribution >= 0.6 is 7.29 Å². The normalized spacial score (nSPS) is 29.6. The van der Waals surface area contributed by atoms with Crippen molar-refractivity contribution in [2.24, 2.45) is 10.5 Å². The van der Waals surface area contributed by atoms with Crippen molar-refractivity contribution < 1.29 is 14.2 Å². The summed E-state index contributed by atoms with van der Waals surface area (Å²) in [6, 6.07) is 9.91. The molecule has 1 fully saturated rings. The minimum absolute atomic E-state index is 0.148. The lowest BCUT2D eigenvalue weighted by Crippen LogP contribution is -3.12. The first-order valence-electron chi connectivity index (χ1n) is 9.06. The second-order valence-corrected chi connectivity index (χ2v) is 10.7. The quantitative estimate of drug-likeness (QED) is 0.825. The van der Waals surface area contributed by atoms with Gasteiger partial charge in [0.2, 0.25) is 7.29 Å². The largest absolute Gasteiger partial charge is 0.370 e. The average Bonchev–Trinajstić information content (AvgIpc) is 2.85. The van der Waals surface area contributed by atoms with Gasteiger partial charge in [-0.2, -0.15) is 5.10 Å². The number of ether oxygens (including phenoxy) is 1. The molecule has 0 bridgehead atoms. The Labute approximate surface area is 149 Å². The molecule has 1 aromatic rings. The first kappa shape index (κ1) is 17.0. The second-order valence-electron chi connectivity index (χ2n) is 8.11. The van der Waals surface area contributed by atoms with E-state index in [4.69, 9.17) is 9.84 Å². The van der Waals surface area contributed by atoms with Gasteiger partial charge in [0.05, 0.1) is 24.6 Å². The zero-order valence-corrected chi connectivity index (χ0v) is 16.2. The molecule has 1 aliphatic carbocycles. The van der Waals surface area contributed by atoms with Crippen LogP contribution in [0.3, 0.4) is 0 Å². The molecular weight excluding hydrogens is 333 g/mol. The number of rotatable bonds is 2. The highest BCUT2D eigenvalue weighted by Crippen LogP contribution is 2.63. The molecule has 1 N–H and O–H groups in total. The van der Waals surface area contributed by atoms with Gasteiger partial charge < -0.3 is 9.64 Å². The van der Waals surface area contributed by atoms with Gasteiger partial charge in [0.15, 0.2) is 0 Å². The van der Waals surface area contributed by atoms with E-state index in [1.54, 1.807) is 4.78 Å². The van der Waals surface area contributed by atoms with Crippen LogP contribution in [0.4, 0.5) is 5.69 Å². The molecule has 0 amide bonds. The number of allylic oxidation sites excluding steroid dienone is 2. The standard InChI is InChI=1S/C19H26N3O2P/c1-19(2)13-16-18(17(14-19)21-9-11-24-12-10-21)25(3,23)22(20-16)15-7-5-4-6-8-15/h4-8H,9-14H2,1-3H3/p+1/t25-/m0/s1. The van der Waals surface area contributed by atoms with E-state index in [1.807, 2.05) is 37.0 Å². The van der Waals surface area contributed by atoms with Gasteiger partial charge in [-0.15, -0.1) is 0 Å². The Balaban J connectivity index is 1.83. The molecule has 2 heterocycles. The molecule has 0 aromatic heterocycles. The number of anilines is 1. The summed E-state index contributed by atoms with van der Waals surface area (Å²) >= 11 is 0. The molecule has 1 atom stereocenters. The smallest absolute Gasteiger partial charge is 0.224 e. The number of hydrogen-bond donors (Lipinski definition) is 1. The van der Waals surface area contributed by atoms with Crippen LogP contribution in [-0.2, 0) is 9.30 Å². The topological polar surface area (TPSA) is 46.3 Å². The summed E-state index contributed by atoms with van der Waals surface area (Å²) in [5.41, 5.74) is 3.40. The number of hydrogen-bond acceptors (Lipinski definition) is 3. The number of para-hydroxylation sites is 1. The molecular formula is C19H27N3O2P+. The predicted molar refractivity (Wildman–Crippen MR) is 101 cm³/mol. The van der Waals surface area contributed by atoms with E-state index in [-0.39, 0.29) is 5.41 Å². The van der Waals surface area contributed by atoms with Gasteiger partial charge in [0.25, 0.3) is 0 Å². The first-order chi connectivity index (χ1) is 11.9. The molecule has 1 aromatic carbocycles. The van der Waals surface area contributed by atoms with E-state index < -0.39 is 7.29 Å². The Morgan fingerprint density at radius 2 is 1.84 bits per heavy atom. The van der Waals surface area contributed by atoms with Crippen LogP contribution in [-0.4, -0.2) is 38.7 Å². The molecule has 3 aliphatic rings. The summed E-state index contributed by atoms with van der Waals surface area (Å²) in [4.78, 5) is 1.43. The predicted octanol–water partition coefficient (Wildman–Crippen LogP) is 2.72. The molecule has 1 saturated heterocycles. The van der Waals surface area contributed by atoms with Gasteiger partial charge in [-0.05, 0) is 24.0 Å². The minimum atomic E-state index is -2.74. The van der Waals surface area contributed by atoms with Gasteiger partial charge in [-0.25, -0.2) is 4.78 Å². The fourth-order valence-corrected chi connectivity index (χ4v) is 6.64. The number of fused-ring (bicyclic) bond motifs is 1. The number of quaternary nitrogens is 1. The lowest BCUT2D eigenvalue weighted by molar-refractivity contribution is -0.871. The van der Waals surface area contributed by atoms with E-state index in [1.165, 1.54) is 10.6 Å². The summed E-state index contributed by atoms with van der Waals surface area (Å²) in [6.45, 7) is 9.91. The summed E-state index contributed by atoms with van der Waals surface area (Å²) in [5, 5.41) is 5.89. The van der Waals surface area contributed by atoms with E-state index in [9.17, 15) is 4.57 Å². The molecule has 0 spiro atoms. The molecule has 0 unspecified atom stereocenters. The molecule has 4 rings (SSSR count). The van der Waals surface area contributed by atoms with Crippen LogP contribution in [0.25, 0.3) is 0 Å². The fourth-order valence-electron chi connectivity index (χ4n) is 4.25. The van der Waals surface area contributed by atoms with Crippen LogP contribution in [0.5, 0.6) is 0 Å². The SMILES string of the molecule is CC1(C)CC2=NN(c3ccccc3)[P@@](C)(=O)C2=C([NH+]2CCOCC2)C1. The van der Waals surface area contributed by atoms with Crippen molar-refractivity contribution in [3.63, 3.8) is 0 Å². The van der Waals surface area contributed by atoms with Crippen LogP contribution in [0.15, 0.2) is 46.4 Å². The zero-order valence-electron chi connectivity index (χ0n) is 15.3. The van der Waals surface area contributed by atoms with Crippen molar-refractivity contribution in [2.75, 3.05) is 37.7 Å². The van der Waals surface area contributed by atoms with Crippen molar-refractivity contribution in [3.8, 4) is 0 Å². The lowest BCUT2D eigenvalue weighted by atomic mass is 9.78. The maximum absolute atomic E-state index is 13.9. The van der Waals surface area contributed by atoms with Crippen molar-refractivity contribution in [1.29, 1.82) is 0 Å². The number of hydrazone groups is 1. The highest BCUT2D eigenvalue weighted by atomic mass is 31.2. The van der Waals surface area contributed by atoms with Crippen LogP contribution in [0.1, 0.15) is 26.7 Å². The monoisotopic (exact) mass is 360 g/mol. The first-order valence-corrected chi connectivity index (χ1v) is 11.2. The van der Waals surface area contributed by atoms with Gasteiger partial charge in [0, 0.05) is 13.1 Å². The number of morpholine rings is 1. The van der Waals surface area contributed by atoms with Crippen molar-refractivity contribution in [3.05, 3.63) is 41.3 Å². The molecule has 25 heavy (non-hydrogen) atoms. The van der Waals surface area contributed by atoms with Crippen molar-refractivity contribution >= 4 is 18.7 Å².